The molecule has 6 rings (SSSR count). The number of H-pyrrole nitrogens is 1. The Labute approximate surface area is 211 Å². The molecule has 1 saturated heterocycles. The smallest absolute Gasteiger partial charge is 0.295 e. The molecular weight excluding hydrogens is 480 g/mol. The second kappa shape index (κ2) is 9.40. The molecule has 0 amide bonds. The second-order valence-corrected chi connectivity index (χ2v) is 9.07. The molecule has 1 aliphatic heterocycles. The maximum absolute atomic E-state index is 10.2. The normalized spacial score (nSPS) is 19.7. The van der Waals surface area contributed by atoms with Gasteiger partial charge in [-0.3, -0.25) is 0 Å². The van der Waals surface area contributed by atoms with E-state index in [4.69, 9.17) is 21.1 Å². The molecule has 8 nitrogen and oxygen atoms in total. The van der Waals surface area contributed by atoms with Crippen molar-refractivity contribution in [2.75, 3.05) is 13.2 Å². The number of nitrogens with zero attached hydrogens (tertiary/aromatic N) is 3. The van der Waals surface area contributed by atoms with Gasteiger partial charge in [-0.1, -0.05) is 48.0 Å². The Balaban J connectivity index is 1.22. The highest BCUT2D eigenvalue weighted by molar-refractivity contribution is 6.34. The molecule has 1 unspecified atom stereocenters. The van der Waals surface area contributed by atoms with E-state index in [1.54, 1.807) is 6.20 Å². The number of aromatic amines is 1. The summed E-state index contributed by atoms with van der Waals surface area (Å²) in [6.45, 7) is -0.0940. The van der Waals surface area contributed by atoms with Crippen molar-refractivity contribution in [1.29, 1.82) is 0 Å². The largest absolute Gasteiger partial charge is 0.456 e. The Morgan fingerprint density at radius 1 is 1.06 bits per heavy atom. The summed E-state index contributed by atoms with van der Waals surface area (Å²) in [5, 5.41) is 24.3. The number of hydrogen-bond donors (Lipinski definition) is 3. The topological polar surface area (TPSA) is 105 Å². The lowest BCUT2D eigenvalue weighted by atomic mass is 10.00. The van der Waals surface area contributed by atoms with Gasteiger partial charge in [0, 0.05) is 18.0 Å². The van der Waals surface area contributed by atoms with Crippen LogP contribution >= 0.6 is 11.6 Å². The quantitative estimate of drug-likeness (QED) is 0.321. The molecule has 0 bridgehead atoms. The van der Waals surface area contributed by atoms with E-state index in [1.165, 1.54) is 0 Å². The van der Waals surface area contributed by atoms with E-state index in [2.05, 4.69) is 39.3 Å². The first-order valence-electron chi connectivity index (χ1n) is 11.6. The van der Waals surface area contributed by atoms with Crippen LogP contribution in [0.15, 0.2) is 79.1 Å². The first kappa shape index (κ1) is 22.8. The molecule has 9 heteroatoms. The van der Waals surface area contributed by atoms with E-state index < -0.39 is 18.3 Å². The predicted molar refractivity (Wildman–Crippen MR) is 136 cm³/mol. The average Bonchev–Trinajstić information content (AvgIpc) is 3.65. The van der Waals surface area contributed by atoms with Crippen molar-refractivity contribution in [3.63, 3.8) is 0 Å². The lowest BCUT2D eigenvalue weighted by Gasteiger charge is -2.15. The van der Waals surface area contributed by atoms with Gasteiger partial charge in [0.15, 0.2) is 6.10 Å². The minimum Gasteiger partial charge on any atom is -0.456 e. The van der Waals surface area contributed by atoms with Crippen LogP contribution in [0.1, 0.15) is 0 Å². The molecule has 3 heterocycles. The first-order chi connectivity index (χ1) is 17.6. The highest BCUT2D eigenvalue weighted by Gasteiger charge is 2.37. The molecule has 1 aliphatic rings. The Morgan fingerprint density at radius 2 is 1.78 bits per heavy atom. The lowest BCUT2D eigenvalue weighted by Crippen LogP contribution is -2.36. The van der Waals surface area contributed by atoms with Crippen molar-refractivity contribution in [2.24, 2.45) is 0 Å². The van der Waals surface area contributed by atoms with Gasteiger partial charge < -0.3 is 24.7 Å². The first-order valence-corrected chi connectivity index (χ1v) is 11.9. The Hall–Kier alpha value is -3.69. The summed E-state index contributed by atoms with van der Waals surface area (Å²) < 4.78 is 13.0. The molecule has 3 atom stereocenters. The molecule has 0 aliphatic carbocycles. The number of halogens is 1. The van der Waals surface area contributed by atoms with Gasteiger partial charge in [0.2, 0.25) is 0 Å². The summed E-state index contributed by atoms with van der Waals surface area (Å²) >= 11 is 6.62. The fourth-order valence-electron chi connectivity index (χ4n) is 4.42. The van der Waals surface area contributed by atoms with E-state index >= 15 is 0 Å². The number of fused-ring (bicyclic) bond motifs is 1. The van der Waals surface area contributed by atoms with Crippen LogP contribution < -0.4 is 4.74 Å². The third-order valence-corrected chi connectivity index (χ3v) is 6.71. The average molecular weight is 503 g/mol. The van der Waals surface area contributed by atoms with E-state index in [9.17, 15) is 10.2 Å². The third-order valence-electron chi connectivity index (χ3n) is 6.39. The molecule has 3 aromatic carbocycles. The highest BCUT2D eigenvalue weighted by Crippen LogP contribution is 2.34. The van der Waals surface area contributed by atoms with Crippen molar-refractivity contribution >= 4 is 22.6 Å². The molecule has 3 N–H and O–H groups in total. The van der Waals surface area contributed by atoms with Crippen molar-refractivity contribution in [2.45, 2.75) is 18.3 Å². The SMILES string of the molecule is OC[C@H]1OC[C@@H](Oc2nc3cc(-c4ccc(-c5ccc(-n6cccn6)cc5)cc4)c(Cl)cc3[nH]2)C1O. The van der Waals surface area contributed by atoms with Gasteiger partial charge in [-0.05, 0) is 47.0 Å². The van der Waals surface area contributed by atoms with Crippen molar-refractivity contribution in [3.05, 3.63) is 84.1 Å². The minimum absolute atomic E-state index is 0.174. The maximum atomic E-state index is 10.2. The van der Waals surface area contributed by atoms with Crippen LogP contribution in [0, 0.1) is 0 Å². The molecule has 1 fully saturated rings. The van der Waals surface area contributed by atoms with Crippen LogP contribution in [0.2, 0.25) is 5.02 Å². The van der Waals surface area contributed by atoms with E-state index in [1.807, 2.05) is 53.3 Å². The van der Waals surface area contributed by atoms with Crippen molar-refractivity contribution < 1.29 is 19.7 Å². The van der Waals surface area contributed by atoms with Gasteiger partial charge in [-0.25, -0.2) is 4.68 Å². The molecule has 2 aromatic heterocycles. The molecule has 0 saturated carbocycles. The van der Waals surface area contributed by atoms with E-state index in [-0.39, 0.29) is 19.2 Å². The monoisotopic (exact) mass is 502 g/mol. The number of aliphatic hydroxyl groups is 2. The summed E-state index contributed by atoms with van der Waals surface area (Å²) in [7, 11) is 0. The Kier molecular flexibility index (Phi) is 5.94. The standard InChI is InChI=1S/C27H23ClN4O4/c28-21-13-23-22(30-27(31-23)36-25-15-35-24(14-33)26(25)34)12-20(21)18-4-2-16(3-5-18)17-6-8-19(9-7-17)32-11-1-10-29-32/h1-13,24-26,33-34H,14-15H2,(H,30,31)/t24-,25-,26?/m1/s1. The Bertz CT molecular complexity index is 1480. The summed E-state index contributed by atoms with van der Waals surface area (Å²) in [6, 6.07) is 22.3. The third kappa shape index (κ3) is 4.25. The summed E-state index contributed by atoms with van der Waals surface area (Å²) in [5.74, 6) is 0. The van der Waals surface area contributed by atoms with Crippen molar-refractivity contribution in [3.8, 4) is 34.0 Å². The second-order valence-electron chi connectivity index (χ2n) is 8.67. The number of imidazole rings is 1. The zero-order valence-corrected chi connectivity index (χ0v) is 19.8. The van der Waals surface area contributed by atoms with Crippen LogP contribution in [0.5, 0.6) is 6.01 Å². The van der Waals surface area contributed by atoms with Gasteiger partial charge in [0.05, 0.1) is 35.0 Å². The fourth-order valence-corrected chi connectivity index (χ4v) is 4.69. The summed E-state index contributed by atoms with van der Waals surface area (Å²) in [6.07, 6.45) is 1.48. The summed E-state index contributed by atoms with van der Waals surface area (Å²) in [4.78, 5) is 7.60. The minimum atomic E-state index is -0.928. The highest BCUT2D eigenvalue weighted by atomic mass is 35.5. The van der Waals surface area contributed by atoms with E-state index in [0.717, 1.165) is 33.5 Å². The molecular formula is C27H23ClN4O4. The zero-order valence-electron chi connectivity index (χ0n) is 19.1. The molecule has 0 spiro atoms. The van der Waals surface area contributed by atoms with Crippen LogP contribution in [-0.2, 0) is 4.74 Å². The van der Waals surface area contributed by atoms with E-state index in [0.29, 0.717) is 10.5 Å². The fraction of sp³-hybridized carbons (Fsp3) is 0.185. The molecule has 5 aromatic rings. The number of nitrogens with one attached hydrogen (secondary N) is 1. The zero-order chi connectivity index (χ0) is 24.6. The molecule has 182 valence electrons. The molecule has 0 radical (unpaired) electrons. The van der Waals surface area contributed by atoms with Crippen LogP contribution in [0.25, 0.3) is 39.0 Å². The van der Waals surface area contributed by atoms with Gasteiger partial charge in [-0.2, -0.15) is 10.1 Å². The van der Waals surface area contributed by atoms with Gasteiger partial charge in [0.1, 0.15) is 12.2 Å². The maximum Gasteiger partial charge on any atom is 0.295 e. The number of ether oxygens (including phenoxy) is 2. The predicted octanol–water partition coefficient (Wildman–Crippen LogP) is 4.24. The van der Waals surface area contributed by atoms with Gasteiger partial charge in [-0.15, -0.1) is 0 Å². The number of hydrogen-bond acceptors (Lipinski definition) is 6. The van der Waals surface area contributed by atoms with Crippen molar-refractivity contribution in [1.82, 2.24) is 19.7 Å². The number of rotatable bonds is 6. The lowest BCUT2D eigenvalue weighted by molar-refractivity contribution is -0.00390. The van der Waals surface area contributed by atoms with Crippen LogP contribution in [0.4, 0.5) is 0 Å². The number of aromatic nitrogens is 4. The summed E-state index contributed by atoms with van der Waals surface area (Å²) in [5.41, 5.74) is 6.44. The number of benzene rings is 3. The van der Waals surface area contributed by atoms with Crippen LogP contribution in [0.3, 0.4) is 0 Å². The van der Waals surface area contributed by atoms with Gasteiger partial charge in [0.25, 0.3) is 6.01 Å². The van der Waals surface area contributed by atoms with Gasteiger partial charge >= 0.3 is 0 Å². The van der Waals surface area contributed by atoms with Crippen LogP contribution in [-0.4, -0.2) is 61.5 Å². The Morgan fingerprint density at radius 3 is 2.44 bits per heavy atom. The molecule has 36 heavy (non-hydrogen) atoms. The number of aliphatic hydroxyl groups excluding tert-OH is 2.